The summed E-state index contributed by atoms with van der Waals surface area (Å²) in [5.74, 6) is -0.625. The van der Waals surface area contributed by atoms with Crippen molar-refractivity contribution in [2.24, 2.45) is 5.92 Å². The summed E-state index contributed by atoms with van der Waals surface area (Å²) < 4.78 is 13.6. The van der Waals surface area contributed by atoms with Gasteiger partial charge in [-0.15, -0.1) is 0 Å². The van der Waals surface area contributed by atoms with Crippen molar-refractivity contribution in [3.63, 3.8) is 0 Å². The summed E-state index contributed by atoms with van der Waals surface area (Å²) in [6.45, 7) is 4.40. The van der Waals surface area contributed by atoms with Crippen molar-refractivity contribution in [2.45, 2.75) is 50.7 Å². The van der Waals surface area contributed by atoms with Crippen LogP contribution in [0.3, 0.4) is 0 Å². The molecule has 1 aromatic rings. The third-order valence-corrected chi connectivity index (χ3v) is 6.47. The molecule has 4 heterocycles. The van der Waals surface area contributed by atoms with Gasteiger partial charge in [0.05, 0.1) is 11.9 Å². The highest BCUT2D eigenvalue weighted by molar-refractivity contribution is 6.03. The van der Waals surface area contributed by atoms with E-state index in [2.05, 4.69) is 25.4 Å². The van der Waals surface area contributed by atoms with Crippen molar-refractivity contribution in [1.29, 1.82) is 0 Å². The van der Waals surface area contributed by atoms with Crippen LogP contribution in [0.25, 0.3) is 0 Å². The number of hydrogen-bond acceptors (Lipinski definition) is 6. The minimum atomic E-state index is -0.710. The standard InChI is InChI=1S/C22H30FN5O3/c23-16-2-1-9-27(14-16)13-15-7-10-28(11-8-15)17-3-4-18(24-12-17)21(30)25-19-5-6-20(29)26-22(19)31/h3-4,12,15-16,19H,1-2,5-11,13-14H2,(H,25,30)(H,26,29,31)/t16-,19-/m0/s1. The van der Waals surface area contributed by atoms with E-state index < -0.39 is 24.0 Å². The van der Waals surface area contributed by atoms with Gasteiger partial charge < -0.3 is 15.1 Å². The van der Waals surface area contributed by atoms with E-state index in [-0.39, 0.29) is 18.0 Å². The SMILES string of the molecule is O=C1CC[C@H](NC(=O)c2ccc(N3CCC(CN4CCC[C@H](F)C4)CC3)cn2)C(=O)N1. The van der Waals surface area contributed by atoms with Crippen molar-refractivity contribution in [3.05, 3.63) is 24.0 Å². The molecule has 0 spiro atoms. The molecule has 0 saturated carbocycles. The molecule has 3 fully saturated rings. The average Bonchev–Trinajstić information content (AvgIpc) is 2.76. The van der Waals surface area contributed by atoms with E-state index in [0.717, 1.165) is 51.1 Å². The Morgan fingerprint density at radius 2 is 1.97 bits per heavy atom. The second kappa shape index (κ2) is 9.72. The van der Waals surface area contributed by atoms with Crippen LogP contribution in [-0.2, 0) is 9.59 Å². The lowest BCUT2D eigenvalue weighted by molar-refractivity contribution is -0.134. The van der Waals surface area contributed by atoms with Crippen molar-refractivity contribution < 1.29 is 18.8 Å². The summed E-state index contributed by atoms with van der Waals surface area (Å²) in [7, 11) is 0. The minimum Gasteiger partial charge on any atom is -0.370 e. The van der Waals surface area contributed by atoms with E-state index in [9.17, 15) is 18.8 Å². The Bertz CT molecular complexity index is 810. The van der Waals surface area contributed by atoms with Gasteiger partial charge in [0, 0.05) is 32.6 Å². The molecule has 1 aromatic heterocycles. The Morgan fingerprint density at radius 1 is 1.16 bits per heavy atom. The molecule has 0 aromatic carbocycles. The van der Waals surface area contributed by atoms with Crippen molar-refractivity contribution in [2.75, 3.05) is 37.6 Å². The molecule has 31 heavy (non-hydrogen) atoms. The summed E-state index contributed by atoms with van der Waals surface area (Å²) in [5.41, 5.74) is 1.21. The van der Waals surface area contributed by atoms with Crippen LogP contribution in [0.1, 0.15) is 49.0 Å². The van der Waals surface area contributed by atoms with Gasteiger partial charge in [-0.1, -0.05) is 0 Å². The van der Waals surface area contributed by atoms with Crippen LogP contribution in [-0.4, -0.2) is 72.5 Å². The van der Waals surface area contributed by atoms with Gasteiger partial charge in [-0.2, -0.15) is 0 Å². The summed E-state index contributed by atoms with van der Waals surface area (Å²) in [6, 6.07) is 2.83. The monoisotopic (exact) mass is 431 g/mol. The molecule has 168 valence electrons. The Balaban J connectivity index is 1.25. The fourth-order valence-electron chi connectivity index (χ4n) is 4.67. The molecule has 3 saturated heterocycles. The topological polar surface area (TPSA) is 94.6 Å². The summed E-state index contributed by atoms with van der Waals surface area (Å²) >= 11 is 0. The van der Waals surface area contributed by atoms with Crippen LogP contribution in [0, 0.1) is 5.92 Å². The zero-order valence-corrected chi connectivity index (χ0v) is 17.7. The number of anilines is 1. The number of halogens is 1. The van der Waals surface area contributed by atoms with Gasteiger partial charge in [0.1, 0.15) is 17.9 Å². The van der Waals surface area contributed by atoms with Crippen molar-refractivity contribution in [1.82, 2.24) is 20.5 Å². The molecule has 8 nitrogen and oxygen atoms in total. The summed E-state index contributed by atoms with van der Waals surface area (Å²) in [4.78, 5) is 44.2. The first-order valence-electron chi connectivity index (χ1n) is 11.2. The molecule has 3 aliphatic heterocycles. The van der Waals surface area contributed by atoms with Crippen molar-refractivity contribution >= 4 is 23.4 Å². The third kappa shape index (κ3) is 5.58. The molecule has 0 unspecified atom stereocenters. The third-order valence-electron chi connectivity index (χ3n) is 6.47. The van der Waals surface area contributed by atoms with Crippen molar-refractivity contribution in [3.8, 4) is 0 Å². The van der Waals surface area contributed by atoms with Gasteiger partial charge in [0.2, 0.25) is 11.8 Å². The highest BCUT2D eigenvalue weighted by Crippen LogP contribution is 2.25. The number of alkyl halides is 1. The lowest BCUT2D eigenvalue weighted by atomic mass is 9.95. The smallest absolute Gasteiger partial charge is 0.270 e. The van der Waals surface area contributed by atoms with E-state index in [1.54, 1.807) is 12.3 Å². The molecule has 0 radical (unpaired) electrons. The summed E-state index contributed by atoms with van der Waals surface area (Å²) in [6.07, 6.45) is 5.30. The van der Waals surface area contributed by atoms with Gasteiger partial charge in [-0.05, 0) is 56.7 Å². The largest absolute Gasteiger partial charge is 0.370 e. The Kier molecular flexibility index (Phi) is 6.80. The number of carbonyl (C=O) groups is 3. The van der Waals surface area contributed by atoms with E-state index >= 15 is 0 Å². The maximum atomic E-state index is 13.6. The molecule has 2 atom stereocenters. The number of likely N-dealkylation sites (tertiary alicyclic amines) is 1. The number of piperidine rings is 3. The number of aromatic nitrogens is 1. The maximum absolute atomic E-state index is 13.6. The van der Waals surface area contributed by atoms with Gasteiger partial charge in [0.15, 0.2) is 0 Å². The van der Waals surface area contributed by atoms with Crippen LogP contribution in [0.5, 0.6) is 0 Å². The summed E-state index contributed by atoms with van der Waals surface area (Å²) in [5, 5.41) is 4.87. The second-order valence-electron chi connectivity index (χ2n) is 8.81. The molecular formula is C22H30FN5O3. The fourth-order valence-corrected chi connectivity index (χ4v) is 4.67. The first kappa shape index (κ1) is 21.7. The van der Waals surface area contributed by atoms with Crippen LogP contribution < -0.4 is 15.5 Å². The second-order valence-corrected chi connectivity index (χ2v) is 8.81. The number of pyridine rings is 1. The van der Waals surface area contributed by atoms with E-state index in [4.69, 9.17) is 0 Å². The van der Waals surface area contributed by atoms with Gasteiger partial charge in [-0.3, -0.25) is 19.7 Å². The molecule has 2 N–H and O–H groups in total. The molecule has 0 bridgehead atoms. The molecule has 0 aliphatic carbocycles. The van der Waals surface area contributed by atoms with E-state index in [0.29, 0.717) is 25.3 Å². The lowest BCUT2D eigenvalue weighted by Gasteiger charge is -2.37. The Morgan fingerprint density at radius 3 is 2.65 bits per heavy atom. The predicted octanol–water partition coefficient (Wildman–Crippen LogP) is 1.27. The molecule has 4 rings (SSSR count). The van der Waals surface area contributed by atoms with Gasteiger partial charge in [-0.25, -0.2) is 9.37 Å². The van der Waals surface area contributed by atoms with Gasteiger partial charge in [0.25, 0.3) is 5.91 Å². The minimum absolute atomic E-state index is 0.213. The maximum Gasteiger partial charge on any atom is 0.270 e. The number of nitrogens with zero attached hydrogens (tertiary/aromatic N) is 3. The van der Waals surface area contributed by atoms with Crippen LogP contribution in [0.4, 0.5) is 10.1 Å². The first-order chi connectivity index (χ1) is 15.0. The average molecular weight is 432 g/mol. The van der Waals surface area contributed by atoms with Crippen LogP contribution >= 0.6 is 0 Å². The Labute approximate surface area is 181 Å². The predicted molar refractivity (Wildman–Crippen MR) is 113 cm³/mol. The fraction of sp³-hybridized carbons (Fsp3) is 0.636. The van der Waals surface area contributed by atoms with E-state index in [1.807, 2.05) is 6.07 Å². The first-order valence-corrected chi connectivity index (χ1v) is 11.2. The van der Waals surface area contributed by atoms with Crippen LogP contribution in [0.2, 0.25) is 0 Å². The Hall–Kier alpha value is -2.55. The lowest BCUT2D eigenvalue weighted by Crippen LogP contribution is -2.52. The van der Waals surface area contributed by atoms with Crippen LogP contribution in [0.15, 0.2) is 18.3 Å². The molecule has 3 aliphatic rings. The van der Waals surface area contributed by atoms with Gasteiger partial charge >= 0.3 is 0 Å². The normalized spacial score (nSPS) is 25.9. The molecule has 9 heteroatoms. The highest BCUT2D eigenvalue weighted by atomic mass is 19.1. The quantitative estimate of drug-likeness (QED) is 0.682. The number of hydrogen-bond donors (Lipinski definition) is 2. The number of amides is 3. The highest BCUT2D eigenvalue weighted by Gasteiger charge is 2.29. The zero-order chi connectivity index (χ0) is 21.8. The number of rotatable bonds is 5. The number of carbonyl (C=O) groups excluding carboxylic acids is 3. The zero-order valence-electron chi connectivity index (χ0n) is 17.7. The van der Waals surface area contributed by atoms with E-state index in [1.165, 1.54) is 0 Å². The molecular weight excluding hydrogens is 401 g/mol. The number of imide groups is 1. The molecule has 3 amide bonds. The number of nitrogens with one attached hydrogen (secondary N) is 2.